The second-order valence-corrected chi connectivity index (χ2v) is 7.43. The molecule has 0 aliphatic carbocycles. The number of benzene rings is 1. The minimum atomic E-state index is 0.527. The highest BCUT2D eigenvalue weighted by Crippen LogP contribution is 2.28. The quantitative estimate of drug-likeness (QED) is 0.798. The van der Waals surface area contributed by atoms with Gasteiger partial charge in [0.2, 0.25) is 0 Å². The van der Waals surface area contributed by atoms with Gasteiger partial charge >= 0.3 is 0 Å². The van der Waals surface area contributed by atoms with Gasteiger partial charge in [0.25, 0.3) is 6.02 Å². The first kappa shape index (κ1) is 16.9. The van der Waals surface area contributed by atoms with Crippen LogP contribution in [0, 0.1) is 5.92 Å². The molecule has 3 aliphatic heterocycles. The van der Waals surface area contributed by atoms with Crippen LogP contribution in [0.3, 0.4) is 0 Å². The fourth-order valence-electron chi connectivity index (χ4n) is 3.34. The molecule has 1 fully saturated rings. The third-order valence-corrected chi connectivity index (χ3v) is 5.60. The van der Waals surface area contributed by atoms with Crippen molar-refractivity contribution in [1.82, 2.24) is 9.88 Å². The molecule has 3 aliphatic rings. The maximum Gasteiger partial charge on any atom is 0.291 e. The molecule has 0 atom stereocenters. The van der Waals surface area contributed by atoms with Gasteiger partial charge in [-0.25, -0.2) is 9.98 Å². The Hall–Kier alpha value is -1.56. The molecule has 4 heterocycles. The van der Waals surface area contributed by atoms with E-state index in [9.17, 15) is 0 Å². The van der Waals surface area contributed by atoms with Crippen molar-refractivity contribution in [3.8, 4) is 0 Å². The lowest BCUT2D eigenvalue weighted by molar-refractivity contribution is 0.0761. The molecule has 0 saturated carbocycles. The summed E-state index contributed by atoms with van der Waals surface area (Å²) in [7, 11) is 0. The van der Waals surface area contributed by atoms with Gasteiger partial charge in [-0.1, -0.05) is 23.2 Å². The highest BCUT2D eigenvalue weighted by atomic mass is 35.5. The maximum atomic E-state index is 6.11. The van der Waals surface area contributed by atoms with Crippen LogP contribution in [-0.4, -0.2) is 42.3 Å². The Morgan fingerprint density at radius 1 is 1.04 bits per heavy atom. The molecule has 2 aromatic rings. The maximum absolute atomic E-state index is 6.11. The molecule has 1 saturated heterocycles. The van der Waals surface area contributed by atoms with Crippen LogP contribution in [-0.2, 0) is 4.74 Å². The second kappa shape index (κ2) is 7.36. The number of aromatic nitrogens is 1. The lowest BCUT2D eigenvalue weighted by Crippen LogP contribution is -2.38. The van der Waals surface area contributed by atoms with Gasteiger partial charge in [-0.05, 0) is 48.8 Å². The van der Waals surface area contributed by atoms with Crippen molar-refractivity contribution in [2.24, 2.45) is 10.9 Å². The molecule has 0 spiro atoms. The first-order valence-corrected chi connectivity index (χ1v) is 9.34. The largest absolute Gasteiger partial charge is 0.449 e. The van der Waals surface area contributed by atoms with Gasteiger partial charge in [-0.2, -0.15) is 0 Å². The summed E-state index contributed by atoms with van der Waals surface area (Å²) in [6, 6.07) is 6.11. The van der Waals surface area contributed by atoms with E-state index in [1.54, 1.807) is 6.20 Å². The van der Waals surface area contributed by atoms with E-state index < -0.39 is 0 Å². The first-order chi connectivity index (χ1) is 12.2. The van der Waals surface area contributed by atoms with E-state index in [1.165, 1.54) is 12.8 Å². The Morgan fingerprint density at radius 3 is 2.60 bits per heavy atom. The lowest BCUT2D eigenvalue weighted by Gasteiger charge is -2.32. The topological polar surface area (TPSA) is 49.8 Å². The number of hydrogen-bond donors (Lipinski definition) is 1. The zero-order valence-electron chi connectivity index (χ0n) is 13.8. The molecule has 1 N–H and O–H groups in total. The van der Waals surface area contributed by atoms with E-state index in [4.69, 9.17) is 27.9 Å². The van der Waals surface area contributed by atoms with Gasteiger partial charge < -0.3 is 4.74 Å². The number of nitrogens with zero attached hydrogens (tertiary/aromatic N) is 3. The number of hydrogen-bond acceptors (Lipinski definition) is 5. The van der Waals surface area contributed by atoms with Gasteiger partial charge in [0.1, 0.15) is 12.5 Å². The Morgan fingerprint density at radius 2 is 1.80 bits per heavy atom. The van der Waals surface area contributed by atoms with Crippen LogP contribution in [0.2, 0.25) is 10.0 Å². The molecule has 2 bridgehead atoms. The summed E-state index contributed by atoms with van der Waals surface area (Å²) in [5.41, 5.74) is 0. The molecule has 5 rings (SSSR count). The highest BCUT2D eigenvalue weighted by Gasteiger charge is 2.21. The van der Waals surface area contributed by atoms with Crippen molar-refractivity contribution >= 4 is 45.8 Å². The predicted octanol–water partition coefficient (Wildman–Crippen LogP) is 4.40. The molecule has 5 nitrogen and oxygen atoms in total. The number of ether oxygens (including phenoxy) is 1. The number of halogens is 2. The van der Waals surface area contributed by atoms with E-state index in [0.717, 1.165) is 42.7 Å². The number of pyridine rings is 1. The van der Waals surface area contributed by atoms with Gasteiger partial charge in [0.15, 0.2) is 0 Å². The number of aliphatic imine (C=N–C) groups is 1. The molecule has 7 heteroatoms. The summed E-state index contributed by atoms with van der Waals surface area (Å²) in [5.74, 6) is 1.46. The van der Waals surface area contributed by atoms with Crippen LogP contribution in [0.4, 0.5) is 5.82 Å². The summed E-state index contributed by atoms with van der Waals surface area (Å²) in [6.07, 6.45) is 5.38. The average molecular weight is 379 g/mol. The fraction of sp³-hybridized carbons (Fsp3) is 0.444. The zero-order chi connectivity index (χ0) is 17.2. The molecular weight excluding hydrogens is 359 g/mol. The van der Waals surface area contributed by atoms with Crippen LogP contribution < -0.4 is 5.32 Å². The van der Waals surface area contributed by atoms with E-state index in [0.29, 0.717) is 28.6 Å². The third kappa shape index (κ3) is 4.00. The smallest absolute Gasteiger partial charge is 0.291 e. The van der Waals surface area contributed by atoms with E-state index in [2.05, 4.69) is 20.2 Å². The molecule has 1 aromatic carbocycles. The molecule has 0 unspecified atom stereocenters. The Balaban J connectivity index is 1.53. The van der Waals surface area contributed by atoms with Gasteiger partial charge in [-0.15, -0.1) is 0 Å². The molecule has 1 aromatic heterocycles. The number of rotatable bonds is 1. The van der Waals surface area contributed by atoms with Crippen molar-refractivity contribution in [3.05, 3.63) is 34.4 Å². The van der Waals surface area contributed by atoms with Crippen LogP contribution >= 0.6 is 23.2 Å². The van der Waals surface area contributed by atoms with Crippen molar-refractivity contribution in [1.29, 1.82) is 0 Å². The normalized spacial score (nSPS) is 23.8. The Bertz CT molecular complexity index is 803. The average Bonchev–Trinajstić information content (AvgIpc) is 2.62. The highest BCUT2D eigenvalue weighted by molar-refractivity contribution is 6.42. The standard InChI is InChI=1S/C18H20Cl2N4O/c19-15-7-13-9-17(22-10-14(13)8-16(15)20)23-18-21-4-1-12-2-5-24(6-3-12)11-25-18/h7-10,12H,1-6,11H2,(H,21,22,23). The molecule has 0 amide bonds. The van der Waals surface area contributed by atoms with Crippen LogP contribution in [0.15, 0.2) is 29.4 Å². The van der Waals surface area contributed by atoms with E-state index in [1.807, 2.05) is 18.2 Å². The first-order valence-electron chi connectivity index (χ1n) is 8.59. The summed E-state index contributed by atoms with van der Waals surface area (Å²) in [6.45, 7) is 3.55. The minimum absolute atomic E-state index is 0.527. The predicted molar refractivity (Wildman–Crippen MR) is 103 cm³/mol. The number of nitrogens with one attached hydrogen (secondary N) is 1. The zero-order valence-corrected chi connectivity index (χ0v) is 15.4. The van der Waals surface area contributed by atoms with Crippen LogP contribution in [0.5, 0.6) is 0 Å². The van der Waals surface area contributed by atoms with Crippen molar-refractivity contribution in [2.75, 3.05) is 31.7 Å². The second-order valence-electron chi connectivity index (χ2n) is 6.62. The number of amidine groups is 1. The van der Waals surface area contributed by atoms with Crippen molar-refractivity contribution < 1.29 is 4.74 Å². The molecule has 132 valence electrons. The lowest BCUT2D eigenvalue weighted by atomic mass is 9.94. The van der Waals surface area contributed by atoms with Gasteiger partial charge in [0.05, 0.1) is 10.0 Å². The fourth-order valence-corrected chi connectivity index (χ4v) is 3.69. The molecular formula is C18H20Cl2N4O. The Kier molecular flexibility index (Phi) is 4.97. The molecule has 0 radical (unpaired) electrons. The van der Waals surface area contributed by atoms with Gasteiger partial charge in [-0.3, -0.25) is 10.2 Å². The summed E-state index contributed by atoms with van der Waals surface area (Å²) in [4.78, 5) is 11.3. The molecule has 25 heavy (non-hydrogen) atoms. The van der Waals surface area contributed by atoms with Crippen LogP contribution in [0.25, 0.3) is 10.8 Å². The van der Waals surface area contributed by atoms with Crippen molar-refractivity contribution in [2.45, 2.75) is 19.3 Å². The van der Waals surface area contributed by atoms with Gasteiger partial charge in [0, 0.05) is 31.2 Å². The summed E-state index contributed by atoms with van der Waals surface area (Å²) in [5, 5.41) is 6.16. The monoisotopic (exact) mass is 378 g/mol. The summed E-state index contributed by atoms with van der Waals surface area (Å²) < 4.78 is 5.88. The van der Waals surface area contributed by atoms with E-state index in [-0.39, 0.29) is 0 Å². The van der Waals surface area contributed by atoms with E-state index >= 15 is 0 Å². The Labute approximate surface area is 157 Å². The van der Waals surface area contributed by atoms with Crippen LogP contribution in [0.1, 0.15) is 19.3 Å². The summed E-state index contributed by atoms with van der Waals surface area (Å²) >= 11 is 12.2. The minimum Gasteiger partial charge on any atom is -0.449 e. The number of fused-ring (bicyclic) bond motifs is 7. The number of anilines is 1. The van der Waals surface area contributed by atoms with Crippen molar-refractivity contribution in [3.63, 3.8) is 0 Å². The third-order valence-electron chi connectivity index (χ3n) is 4.88. The number of piperidine rings is 1. The SMILES string of the molecule is Clc1cc2cnc(NC3=NCCC4CCN(CC4)CO3)cc2cc1Cl.